The van der Waals surface area contributed by atoms with Crippen molar-refractivity contribution in [3.8, 4) is 0 Å². The lowest BCUT2D eigenvalue weighted by atomic mass is 9.68. The zero-order valence-electron chi connectivity index (χ0n) is 17.8. The minimum Gasteiger partial charge on any atom is -0.367 e. The van der Waals surface area contributed by atoms with Crippen LogP contribution in [-0.4, -0.2) is 17.5 Å². The SMILES string of the molecule is CC(C)C(C)(CC(C)(C)C)C(O)OC1CCC(C2CCCCC2)CC1. The Morgan fingerprint density at radius 1 is 0.840 bits per heavy atom. The van der Waals surface area contributed by atoms with Gasteiger partial charge in [0.25, 0.3) is 0 Å². The molecule has 2 fully saturated rings. The molecular formula is C23H44O2. The van der Waals surface area contributed by atoms with Gasteiger partial charge in [-0.3, -0.25) is 0 Å². The van der Waals surface area contributed by atoms with Gasteiger partial charge in [0.05, 0.1) is 6.10 Å². The largest absolute Gasteiger partial charge is 0.367 e. The van der Waals surface area contributed by atoms with E-state index in [1.807, 2.05) is 0 Å². The van der Waals surface area contributed by atoms with E-state index in [9.17, 15) is 5.11 Å². The summed E-state index contributed by atoms with van der Waals surface area (Å²) in [6.45, 7) is 13.4. The van der Waals surface area contributed by atoms with Gasteiger partial charge in [-0.25, -0.2) is 0 Å². The summed E-state index contributed by atoms with van der Waals surface area (Å²) in [6.07, 6.45) is 12.7. The lowest BCUT2D eigenvalue weighted by Crippen LogP contribution is -2.44. The maximum atomic E-state index is 10.9. The van der Waals surface area contributed by atoms with Crippen LogP contribution >= 0.6 is 0 Å². The number of ether oxygens (including phenoxy) is 1. The van der Waals surface area contributed by atoms with Crippen molar-refractivity contribution in [3.05, 3.63) is 0 Å². The summed E-state index contributed by atoms with van der Waals surface area (Å²) in [4.78, 5) is 0. The Kier molecular flexibility index (Phi) is 7.42. The molecule has 0 bridgehead atoms. The zero-order chi connectivity index (χ0) is 18.7. The minimum atomic E-state index is -0.650. The van der Waals surface area contributed by atoms with E-state index in [-0.39, 0.29) is 16.9 Å². The summed E-state index contributed by atoms with van der Waals surface area (Å²) in [5.74, 6) is 2.30. The summed E-state index contributed by atoms with van der Waals surface area (Å²) in [6, 6.07) is 0. The van der Waals surface area contributed by atoms with E-state index in [1.54, 1.807) is 0 Å². The highest BCUT2D eigenvalue weighted by Gasteiger charge is 2.42. The zero-order valence-corrected chi connectivity index (χ0v) is 17.8. The van der Waals surface area contributed by atoms with Crippen LogP contribution in [0.15, 0.2) is 0 Å². The summed E-state index contributed by atoms with van der Waals surface area (Å²) in [7, 11) is 0. The second-order valence-corrected chi connectivity index (χ2v) is 10.8. The number of rotatable bonds is 6. The molecule has 0 aliphatic heterocycles. The number of aliphatic hydroxyl groups is 1. The molecule has 2 aliphatic rings. The van der Waals surface area contributed by atoms with Crippen molar-refractivity contribution in [1.29, 1.82) is 0 Å². The molecule has 0 aromatic heterocycles. The van der Waals surface area contributed by atoms with Gasteiger partial charge >= 0.3 is 0 Å². The molecule has 2 saturated carbocycles. The van der Waals surface area contributed by atoms with E-state index in [0.717, 1.165) is 31.1 Å². The van der Waals surface area contributed by atoms with Crippen LogP contribution in [-0.2, 0) is 4.74 Å². The molecule has 2 rings (SSSR count). The summed E-state index contributed by atoms with van der Waals surface area (Å²) in [5, 5.41) is 10.9. The maximum Gasteiger partial charge on any atom is 0.160 e. The highest BCUT2D eigenvalue weighted by atomic mass is 16.6. The third-order valence-electron chi connectivity index (χ3n) is 7.15. The molecule has 0 saturated heterocycles. The predicted molar refractivity (Wildman–Crippen MR) is 106 cm³/mol. The molecule has 0 aromatic rings. The van der Waals surface area contributed by atoms with Gasteiger partial charge in [0, 0.05) is 5.41 Å². The molecule has 0 spiro atoms. The third kappa shape index (κ3) is 5.96. The number of hydrogen-bond donors (Lipinski definition) is 1. The Balaban J connectivity index is 1.86. The molecule has 0 amide bonds. The normalized spacial score (nSPS) is 30.2. The minimum absolute atomic E-state index is 0.182. The van der Waals surface area contributed by atoms with Crippen molar-refractivity contribution >= 4 is 0 Å². The molecule has 2 atom stereocenters. The molecule has 0 aromatic carbocycles. The Labute approximate surface area is 157 Å². The van der Waals surface area contributed by atoms with Gasteiger partial charge < -0.3 is 9.84 Å². The average molecular weight is 353 g/mol. The molecule has 2 aliphatic carbocycles. The van der Waals surface area contributed by atoms with E-state index in [1.165, 1.54) is 44.9 Å². The summed E-state index contributed by atoms with van der Waals surface area (Å²) < 4.78 is 6.25. The summed E-state index contributed by atoms with van der Waals surface area (Å²) >= 11 is 0. The fourth-order valence-corrected chi connectivity index (χ4v) is 5.36. The van der Waals surface area contributed by atoms with Crippen LogP contribution in [0.1, 0.15) is 106 Å². The fraction of sp³-hybridized carbons (Fsp3) is 1.00. The van der Waals surface area contributed by atoms with Gasteiger partial charge in [-0.2, -0.15) is 0 Å². The lowest BCUT2D eigenvalue weighted by Gasteiger charge is -2.44. The molecule has 2 heteroatoms. The van der Waals surface area contributed by atoms with Crippen molar-refractivity contribution in [1.82, 2.24) is 0 Å². The van der Waals surface area contributed by atoms with Gasteiger partial charge in [0.1, 0.15) is 0 Å². The topological polar surface area (TPSA) is 29.5 Å². The molecule has 2 nitrogen and oxygen atoms in total. The van der Waals surface area contributed by atoms with Crippen LogP contribution in [0.4, 0.5) is 0 Å². The van der Waals surface area contributed by atoms with Gasteiger partial charge in [-0.15, -0.1) is 0 Å². The standard InChI is InChI=1S/C23H44O2/c1-17(2)23(6,16-22(3,4)5)21(24)25-20-14-12-19(13-15-20)18-10-8-7-9-11-18/h17-21,24H,7-16H2,1-6H3. The van der Waals surface area contributed by atoms with Crippen molar-refractivity contribution in [2.45, 2.75) is 118 Å². The van der Waals surface area contributed by atoms with Crippen molar-refractivity contribution in [2.75, 3.05) is 0 Å². The lowest BCUT2D eigenvalue weighted by molar-refractivity contribution is -0.223. The highest BCUT2D eigenvalue weighted by Crippen LogP contribution is 2.44. The Bertz CT molecular complexity index is 383. The molecule has 2 unspecified atom stereocenters. The van der Waals surface area contributed by atoms with Crippen LogP contribution in [0.2, 0.25) is 0 Å². The van der Waals surface area contributed by atoms with Crippen molar-refractivity contribution in [2.24, 2.45) is 28.6 Å². The highest BCUT2D eigenvalue weighted by molar-refractivity contribution is 4.87. The van der Waals surface area contributed by atoms with Crippen LogP contribution in [0.3, 0.4) is 0 Å². The molecule has 0 radical (unpaired) electrons. The Hall–Kier alpha value is -0.0800. The van der Waals surface area contributed by atoms with Gasteiger partial charge in [0.15, 0.2) is 6.29 Å². The van der Waals surface area contributed by atoms with E-state index in [4.69, 9.17) is 4.74 Å². The first kappa shape index (κ1) is 21.2. The van der Waals surface area contributed by atoms with Crippen molar-refractivity contribution in [3.63, 3.8) is 0 Å². The monoisotopic (exact) mass is 352 g/mol. The second-order valence-electron chi connectivity index (χ2n) is 10.8. The quantitative estimate of drug-likeness (QED) is 0.548. The number of hydrogen-bond acceptors (Lipinski definition) is 2. The second kappa shape index (κ2) is 8.74. The first-order chi connectivity index (χ1) is 11.6. The fourth-order valence-electron chi connectivity index (χ4n) is 5.36. The molecule has 148 valence electrons. The molecular weight excluding hydrogens is 308 g/mol. The van der Waals surface area contributed by atoms with E-state index >= 15 is 0 Å². The maximum absolute atomic E-state index is 10.9. The van der Waals surface area contributed by atoms with E-state index in [0.29, 0.717) is 5.92 Å². The smallest absolute Gasteiger partial charge is 0.160 e. The first-order valence-corrected chi connectivity index (χ1v) is 11.0. The third-order valence-corrected chi connectivity index (χ3v) is 7.15. The van der Waals surface area contributed by atoms with Crippen LogP contribution < -0.4 is 0 Å². The molecule has 1 N–H and O–H groups in total. The molecule has 25 heavy (non-hydrogen) atoms. The van der Waals surface area contributed by atoms with E-state index < -0.39 is 6.29 Å². The number of aliphatic hydroxyl groups excluding tert-OH is 1. The van der Waals surface area contributed by atoms with Crippen LogP contribution in [0, 0.1) is 28.6 Å². The molecule has 0 heterocycles. The van der Waals surface area contributed by atoms with Crippen molar-refractivity contribution < 1.29 is 9.84 Å². The van der Waals surface area contributed by atoms with E-state index in [2.05, 4.69) is 41.5 Å². The Morgan fingerprint density at radius 3 is 1.84 bits per heavy atom. The van der Waals surface area contributed by atoms with Crippen LogP contribution in [0.25, 0.3) is 0 Å². The van der Waals surface area contributed by atoms with Crippen LogP contribution in [0.5, 0.6) is 0 Å². The summed E-state index contributed by atoms with van der Waals surface area (Å²) in [5.41, 5.74) is 0.0144. The van der Waals surface area contributed by atoms with Gasteiger partial charge in [-0.05, 0) is 55.3 Å². The predicted octanol–water partition coefficient (Wildman–Crippen LogP) is 6.56. The van der Waals surface area contributed by atoms with Gasteiger partial charge in [-0.1, -0.05) is 73.6 Å². The Morgan fingerprint density at radius 2 is 1.36 bits per heavy atom. The average Bonchev–Trinajstić information content (AvgIpc) is 2.54. The first-order valence-electron chi connectivity index (χ1n) is 11.0. The van der Waals surface area contributed by atoms with Gasteiger partial charge in [0.2, 0.25) is 0 Å².